The first kappa shape index (κ1) is 19.4. The lowest BCUT2D eigenvalue weighted by Crippen LogP contribution is -2.43. The van der Waals surface area contributed by atoms with Crippen molar-refractivity contribution in [2.45, 2.75) is 25.3 Å². The Morgan fingerprint density at radius 1 is 1.11 bits per heavy atom. The monoisotopic (exact) mass is 440 g/mol. The predicted octanol–water partition coefficient (Wildman–Crippen LogP) is 4.46. The molecule has 1 fully saturated rings. The summed E-state index contributed by atoms with van der Waals surface area (Å²) < 4.78 is 11.8. The molecule has 9 heteroatoms. The van der Waals surface area contributed by atoms with E-state index in [0.717, 1.165) is 12.8 Å². The van der Waals surface area contributed by atoms with E-state index in [1.54, 1.807) is 29.2 Å². The van der Waals surface area contributed by atoms with Gasteiger partial charge in [-0.3, -0.25) is 9.59 Å². The third kappa shape index (κ3) is 3.92. The van der Waals surface area contributed by atoms with Crippen molar-refractivity contribution in [1.82, 2.24) is 4.90 Å². The number of nitrogens with one attached hydrogen (secondary N) is 1. The quantitative estimate of drug-likeness (QED) is 0.764. The molecule has 2 amide bonds. The lowest BCUT2D eigenvalue weighted by molar-refractivity contribution is -0.119. The number of thiophene rings is 1. The van der Waals surface area contributed by atoms with Crippen LogP contribution < -0.4 is 14.8 Å². The zero-order valence-corrected chi connectivity index (χ0v) is 17.2. The molecule has 0 bridgehead atoms. The van der Waals surface area contributed by atoms with E-state index in [-0.39, 0.29) is 11.8 Å². The van der Waals surface area contributed by atoms with E-state index in [1.807, 2.05) is 0 Å². The van der Waals surface area contributed by atoms with Gasteiger partial charge in [-0.25, -0.2) is 0 Å². The van der Waals surface area contributed by atoms with Gasteiger partial charge in [-0.2, -0.15) is 0 Å². The highest BCUT2D eigenvalue weighted by atomic mass is 35.5. The summed E-state index contributed by atoms with van der Waals surface area (Å²) in [7, 11) is 0. The maximum Gasteiger partial charge on any atom is 0.264 e. The number of anilines is 1. The van der Waals surface area contributed by atoms with Crippen molar-refractivity contribution in [2.75, 3.05) is 25.1 Å². The van der Waals surface area contributed by atoms with Gasteiger partial charge >= 0.3 is 0 Å². The zero-order valence-electron chi connectivity index (χ0n) is 14.9. The number of hydrogen-bond acceptors (Lipinski definition) is 5. The van der Waals surface area contributed by atoms with E-state index in [9.17, 15) is 9.59 Å². The van der Waals surface area contributed by atoms with Crippen LogP contribution in [0, 0.1) is 0 Å². The van der Waals surface area contributed by atoms with E-state index >= 15 is 0 Å². The summed E-state index contributed by atoms with van der Waals surface area (Å²) in [5.74, 6) is 0.654. The molecule has 4 rings (SSSR count). The van der Waals surface area contributed by atoms with Crippen LogP contribution in [0.3, 0.4) is 0 Å². The average Bonchev–Trinajstić information content (AvgIpc) is 3.27. The number of amides is 2. The second-order valence-electron chi connectivity index (χ2n) is 6.58. The topological polar surface area (TPSA) is 67.9 Å². The minimum absolute atomic E-state index is 0.181. The number of carbonyl (C=O) groups is 2. The average molecular weight is 441 g/mol. The Hall–Kier alpha value is -1.96. The smallest absolute Gasteiger partial charge is 0.264 e. The molecule has 28 heavy (non-hydrogen) atoms. The molecule has 1 aromatic carbocycles. The van der Waals surface area contributed by atoms with Crippen molar-refractivity contribution in [1.29, 1.82) is 0 Å². The summed E-state index contributed by atoms with van der Waals surface area (Å²) >= 11 is 13.5. The van der Waals surface area contributed by atoms with Crippen molar-refractivity contribution in [2.24, 2.45) is 0 Å². The number of hydrogen-bond donors (Lipinski definition) is 1. The molecule has 2 aliphatic rings. The first-order chi connectivity index (χ1) is 13.5. The number of likely N-dealkylation sites (tertiary alicyclic amines) is 1. The Morgan fingerprint density at radius 2 is 1.86 bits per heavy atom. The van der Waals surface area contributed by atoms with E-state index in [1.165, 1.54) is 11.3 Å². The molecular formula is C19H18Cl2N2O4S. The number of benzene rings is 1. The number of rotatable bonds is 3. The standard InChI is InChI=1S/C19H18Cl2N2O4S/c20-11-9-14-15(27-8-2-7-26-14)10-12(11)22-18(24)13-3-1-6-23(13)19(25)16-4-5-17(21)28-16/h4-5,9-10,13H,1-3,6-8H2,(H,22,24)/t13-/m0/s1. The second kappa shape index (κ2) is 8.19. The summed E-state index contributed by atoms with van der Waals surface area (Å²) in [6.45, 7) is 1.62. The molecule has 1 atom stereocenters. The zero-order chi connectivity index (χ0) is 19.7. The van der Waals surface area contributed by atoms with Crippen molar-refractivity contribution in [3.8, 4) is 11.5 Å². The Labute approximate surface area is 176 Å². The maximum atomic E-state index is 12.9. The Bertz CT molecular complexity index is 917. The molecule has 1 N–H and O–H groups in total. The lowest BCUT2D eigenvalue weighted by Gasteiger charge is -2.24. The summed E-state index contributed by atoms with van der Waals surface area (Å²) in [4.78, 5) is 27.8. The van der Waals surface area contributed by atoms with Crippen LogP contribution in [0.4, 0.5) is 5.69 Å². The lowest BCUT2D eigenvalue weighted by atomic mass is 10.2. The molecule has 0 unspecified atom stereocenters. The van der Waals surface area contributed by atoms with Crippen molar-refractivity contribution in [3.05, 3.63) is 38.5 Å². The molecule has 0 aliphatic carbocycles. The molecule has 0 saturated carbocycles. The van der Waals surface area contributed by atoms with E-state index in [2.05, 4.69) is 5.32 Å². The van der Waals surface area contributed by atoms with Gasteiger partial charge in [-0.05, 0) is 25.0 Å². The van der Waals surface area contributed by atoms with Crippen molar-refractivity contribution in [3.63, 3.8) is 0 Å². The van der Waals surface area contributed by atoms with Crippen LogP contribution in [0.1, 0.15) is 28.9 Å². The van der Waals surface area contributed by atoms with Gasteiger partial charge in [-0.15, -0.1) is 11.3 Å². The molecule has 1 saturated heterocycles. The Kier molecular flexibility index (Phi) is 5.66. The minimum atomic E-state index is -0.555. The van der Waals surface area contributed by atoms with Gasteiger partial charge < -0.3 is 19.7 Å². The van der Waals surface area contributed by atoms with Gasteiger partial charge in [0.15, 0.2) is 11.5 Å². The number of halogens is 2. The summed E-state index contributed by atoms with van der Waals surface area (Å²) in [6, 6.07) is 6.12. The summed E-state index contributed by atoms with van der Waals surface area (Å²) in [5, 5.41) is 3.20. The highest BCUT2D eigenvalue weighted by Gasteiger charge is 2.35. The third-order valence-electron chi connectivity index (χ3n) is 4.70. The van der Waals surface area contributed by atoms with Crippen LogP contribution in [-0.2, 0) is 4.79 Å². The van der Waals surface area contributed by atoms with Gasteiger partial charge in [-0.1, -0.05) is 23.2 Å². The third-order valence-corrected chi connectivity index (χ3v) is 6.23. The number of carbonyl (C=O) groups excluding carboxylic acids is 2. The number of ether oxygens (including phenoxy) is 2. The molecule has 148 valence electrons. The van der Waals surface area contributed by atoms with Gasteiger partial charge in [0.25, 0.3) is 5.91 Å². The summed E-state index contributed by atoms with van der Waals surface area (Å²) in [6.07, 6.45) is 2.14. The molecule has 0 radical (unpaired) electrons. The van der Waals surface area contributed by atoms with Crippen molar-refractivity contribution >= 4 is 52.0 Å². The molecule has 2 aromatic rings. The fraction of sp³-hybridized carbons (Fsp3) is 0.368. The van der Waals surface area contributed by atoms with Gasteiger partial charge in [0.2, 0.25) is 5.91 Å². The van der Waals surface area contributed by atoms with Crippen LogP contribution in [0.2, 0.25) is 9.36 Å². The van der Waals surface area contributed by atoms with Gasteiger partial charge in [0.05, 0.1) is 33.1 Å². The highest BCUT2D eigenvalue weighted by Crippen LogP contribution is 2.38. The highest BCUT2D eigenvalue weighted by molar-refractivity contribution is 7.18. The second-order valence-corrected chi connectivity index (χ2v) is 8.70. The SMILES string of the molecule is O=C(Nc1cc2c(cc1Cl)OCCCO2)[C@@H]1CCCN1C(=O)c1ccc(Cl)s1. The molecule has 1 aromatic heterocycles. The first-order valence-corrected chi connectivity index (χ1v) is 10.6. The molecule has 2 aliphatic heterocycles. The maximum absolute atomic E-state index is 12.9. The van der Waals surface area contributed by atoms with E-state index < -0.39 is 6.04 Å². The van der Waals surface area contributed by atoms with Gasteiger partial charge in [0.1, 0.15) is 6.04 Å². The number of fused-ring (bicyclic) bond motifs is 1. The van der Waals surface area contributed by atoms with E-state index in [4.69, 9.17) is 32.7 Å². The van der Waals surface area contributed by atoms with Crippen LogP contribution in [0.15, 0.2) is 24.3 Å². The van der Waals surface area contributed by atoms with Crippen LogP contribution >= 0.6 is 34.5 Å². The fourth-order valence-electron chi connectivity index (χ4n) is 3.35. The summed E-state index contributed by atoms with van der Waals surface area (Å²) in [5.41, 5.74) is 0.439. The molecule has 0 spiro atoms. The van der Waals surface area contributed by atoms with Gasteiger partial charge in [0, 0.05) is 25.1 Å². The molecular weight excluding hydrogens is 423 g/mol. The Balaban J connectivity index is 1.51. The predicted molar refractivity (Wildman–Crippen MR) is 109 cm³/mol. The van der Waals surface area contributed by atoms with Crippen LogP contribution in [0.25, 0.3) is 0 Å². The first-order valence-electron chi connectivity index (χ1n) is 8.99. The number of nitrogens with zero attached hydrogens (tertiary/aromatic N) is 1. The largest absolute Gasteiger partial charge is 0.490 e. The Morgan fingerprint density at radius 3 is 2.57 bits per heavy atom. The van der Waals surface area contributed by atoms with Crippen LogP contribution in [0.5, 0.6) is 11.5 Å². The fourth-order valence-corrected chi connectivity index (χ4v) is 4.55. The molecule has 3 heterocycles. The minimum Gasteiger partial charge on any atom is -0.490 e. The molecule has 6 nitrogen and oxygen atoms in total. The van der Waals surface area contributed by atoms with E-state index in [0.29, 0.717) is 57.6 Å². The van der Waals surface area contributed by atoms with Crippen molar-refractivity contribution < 1.29 is 19.1 Å². The van der Waals surface area contributed by atoms with Crippen LogP contribution in [-0.4, -0.2) is 42.5 Å². The normalized spacial score (nSPS) is 18.6.